The van der Waals surface area contributed by atoms with Crippen molar-refractivity contribution in [1.29, 1.82) is 0 Å². The molecule has 0 aliphatic heterocycles. The predicted molar refractivity (Wildman–Crippen MR) is 110 cm³/mol. The molecule has 0 saturated carbocycles. The lowest BCUT2D eigenvalue weighted by Crippen LogP contribution is -2.44. The minimum absolute atomic E-state index is 0.0582. The van der Waals surface area contributed by atoms with Gasteiger partial charge in [-0.05, 0) is 20.4 Å². The summed E-state index contributed by atoms with van der Waals surface area (Å²) in [5.74, 6) is 5.99. The second kappa shape index (κ2) is 15.2. The van der Waals surface area contributed by atoms with E-state index in [0.717, 1.165) is 13.1 Å². The second-order valence-corrected chi connectivity index (χ2v) is 7.38. The highest BCUT2D eigenvalue weighted by molar-refractivity contribution is 4.96. The smallest absolute Gasteiger partial charge is 0.0876 e. The van der Waals surface area contributed by atoms with E-state index in [0.29, 0.717) is 45.2 Å². The lowest BCUT2D eigenvalue weighted by molar-refractivity contribution is -0.0641. The molecule has 0 aromatic rings. The Labute approximate surface area is 160 Å². The zero-order valence-corrected chi connectivity index (χ0v) is 17.8. The van der Waals surface area contributed by atoms with E-state index in [1.807, 2.05) is 27.7 Å². The van der Waals surface area contributed by atoms with Crippen LogP contribution in [0.5, 0.6) is 0 Å². The van der Waals surface area contributed by atoms with Crippen LogP contribution in [0.2, 0.25) is 0 Å². The number of ether oxygens (including phenoxy) is 2. The fourth-order valence-electron chi connectivity index (χ4n) is 1.79. The van der Waals surface area contributed by atoms with Crippen molar-refractivity contribution in [2.45, 2.75) is 47.1 Å². The molecule has 0 saturated heterocycles. The number of hydrazine groups is 1. The van der Waals surface area contributed by atoms with Crippen LogP contribution in [-0.4, -0.2) is 63.2 Å². The number of rotatable bonds is 14. The van der Waals surface area contributed by atoms with Crippen LogP contribution in [0.3, 0.4) is 0 Å². The SMILES string of the molecule is CC.CC(C)(CN)COC(C)(C)CN(N)/C=C(\N)COCCNCCN. The van der Waals surface area contributed by atoms with Crippen molar-refractivity contribution in [1.82, 2.24) is 10.3 Å². The Kier molecular flexibility index (Phi) is 16.0. The molecule has 0 aliphatic rings. The van der Waals surface area contributed by atoms with Gasteiger partial charge in [-0.3, -0.25) is 0 Å². The van der Waals surface area contributed by atoms with Gasteiger partial charge >= 0.3 is 0 Å². The maximum Gasteiger partial charge on any atom is 0.0876 e. The Hall–Kier alpha value is -0.900. The summed E-state index contributed by atoms with van der Waals surface area (Å²) in [4.78, 5) is 0. The largest absolute Gasteiger partial charge is 0.399 e. The van der Waals surface area contributed by atoms with Crippen molar-refractivity contribution in [3.8, 4) is 0 Å². The molecule has 8 nitrogen and oxygen atoms in total. The summed E-state index contributed by atoms with van der Waals surface area (Å²) < 4.78 is 11.4. The average Bonchev–Trinajstić information content (AvgIpc) is 2.57. The van der Waals surface area contributed by atoms with Gasteiger partial charge in [-0.25, -0.2) is 5.84 Å². The maximum atomic E-state index is 5.99. The molecule has 0 amide bonds. The molecule has 8 heteroatoms. The third kappa shape index (κ3) is 16.6. The highest BCUT2D eigenvalue weighted by atomic mass is 16.5. The van der Waals surface area contributed by atoms with Crippen LogP contribution in [-0.2, 0) is 9.47 Å². The molecule has 0 aliphatic carbocycles. The van der Waals surface area contributed by atoms with Crippen molar-refractivity contribution in [3.05, 3.63) is 11.9 Å². The quantitative estimate of drug-likeness (QED) is 0.166. The molecule has 0 atom stereocenters. The number of nitrogens with zero attached hydrogens (tertiary/aromatic N) is 1. The standard InChI is InChI=1S/C16H38N6O2.C2H6/c1-15(2,11-18)13-24-16(3,4)12-22(20)9-14(19)10-23-8-7-21-6-5-17;1-2/h9,21H,5-8,10-13,17-20H2,1-4H3;1-2H3/b14-9-;. The van der Waals surface area contributed by atoms with Gasteiger partial charge in [0.1, 0.15) is 0 Å². The fourth-order valence-corrected chi connectivity index (χ4v) is 1.79. The van der Waals surface area contributed by atoms with Gasteiger partial charge in [0.25, 0.3) is 0 Å². The van der Waals surface area contributed by atoms with E-state index in [1.54, 1.807) is 6.20 Å². The van der Waals surface area contributed by atoms with Crippen LogP contribution in [0.25, 0.3) is 0 Å². The zero-order valence-electron chi connectivity index (χ0n) is 17.8. The van der Waals surface area contributed by atoms with Gasteiger partial charge in [-0.1, -0.05) is 27.7 Å². The van der Waals surface area contributed by atoms with Gasteiger partial charge in [-0.2, -0.15) is 0 Å². The highest BCUT2D eigenvalue weighted by Crippen LogP contribution is 2.19. The van der Waals surface area contributed by atoms with Crippen molar-refractivity contribution in [3.63, 3.8) is 0 Å². The van der Waals surface area contributed by atoms with Gasteiger partial charge in [0.05, 0.1) is 37.7 Å². The van der Waals surface area contributed by atoms with E-state index in [1.165, 1.54) is 5.01 Å². The summed E-state index contributed by atoms with van der Waals surface area (Å²) in [5, 5.41) is 4.67. The molecule has 158 valence electrons. The Morgan fingerprint density at radius 1 is 1.12 bits per heavy atom. The van der Waals surface area contributed by atoms with Crippen molar-refractivity contribution in [2.24, 2.45) is 28.5 Å². The first kappa shape index (κ1) is 27.3. The molecule has 9 N–H and O–H groups in total. The summed E-state index contributed by atoms with van der Waals surface area (Å²) in [5.41, 5.74) is 17.1. The van der Waals surface area contributed by atoms with E-state index in [9.17, 15) is 0 Å². The first-order valence-electron chi connectivity index (χ1n) is 9.42. The second-order valence-electron chi connectivity index (χ2n) is 7.38. The van der Waals surface area contributed by atoms with Crippen molar-refractivity contribution in [2.75, 3.05) is 52.5 Å². The van der Waals surface area contributed by atoms with Gasteiger partial charge in [-0.15, -0.1) is 0 Å². The van der Waals surface area contributed by atoms with Gasteiger partial charge in [0, 0.05) is 31.2 Å². The van der Waals surface area contributed by atoms with Gasteiger partial charge < -0.3 is 37.0 Å². The van der Waals surface area contributed by atoms with Crippen LogP contribution in [0.4, 0.5) is 0 Å². The van der Waals surface area contributed by atoms with Crippen molar-refractivity contribution < 1.29 is 9.47 Å². The number of nitrogens with two attached hydrogens (primary N) is 4. The lowest BCUT2D eigenvalue weighted by Gasteiger charge is -2.33. The van der Waals surface area contributed by atoms with Gasteiger partial charge in [0.2, 0.25) is 0 Å². The summed E-state index contributed by atoms with van der Waals surface area (Å²) in [6.07, 6.45) is 1.67. The Bertz CT molecular complexity index is 362. The molecular weight excluding hydrogens is 332 g/mol. The van der Waals surface area contributed by atoms with Crippen LogP contribution < -0.4 is 28.4 Å². The van der Waals surface area contributed by atoms with Gasteiger partial charge in [0.15, 0.2) is 0 Å². The Morgan fingerprint density at radius 3 is 2.27 bits per heavy atom. The van der Waals surface area contributed by atoms with E-state index in [4.69, 9.17) is 32.5 Å². The first-order valence-corrected chi connectivity index (χ1v) is 9.42. The topological polar surface area (TPSA) is 138 Å². The molecule has 26 heavy (non-hydrogen) atoms. The molecule has 0 spiro atoms. The monoisotopic (exact) mass is 376 g/mol. The minimum Gasteiger partial charge on any atom is -0.399 e. The van der Waals surface area contributed by atoms with E-state index in [2.05, 4.69) is 19.2 Å². The normalized spacial score (nSPS) is 12.6. The lowest BCUT2D eigenvalue weighted by atomic mass is 9.95. The maximum absolute atomic E-state index is 5.99. The minimum atomic E-state index is -0.412. The van der Waals surface area contributed by atoms with Crippen LogP contribution in [0.1, 0.15) is 41.5 Å². The molecule has 0 aromatic carbocycles. The van der Waals surface area contributed by atoms with Crippen LogP contribution in [0.15, 0.2) is 11.9 Å². The number of nitrogens with one attached hydrogen (secondary N) is 1. The van der Waals surface area contributed by atoms with E-state index in [-0.39, 0.29) is 5.41 Å². The molecule has 0 bridgehead atoms. The summed E-state index contributed by atoms with van der Waals surface area (Å²) in [6, 6.07) is 0. The van der Waals surface area contributed by atoms with E-state index >= 15 is 0 Å². The number of hydrogen-bond donors (Lipinski definition) is 5. The predicted octanol–water partition coefficient (Wildman–Crippen LogP) is 0.333. The fraction of sp³-hybridized carbons (Fsp3) is 0.889. The summed E-state index contributed by atoms with van der Waals surface area (Å²) in [7, 11) is 0. The summed E-state index contributed by atoms with van der Waals surface area (Å²) >= 11 is 0. The zero-order chi connectivity index (χ0) is 20.6. The third-order valence-electron chi connectivity index (χ3n) is 3.31. The highest BCUT2D eigenvalue weighted by Gasteiger charge is 2.25. The summed E-state index contributed by atoms with van der Waals surface area (Å²) in [6.45, 7) is 16.8. The van der Waals surface area contributed by atoms with Crippen LogP contribution >= 0.6 is 0 Å². The molecule has 0 radical (unpaired) electrons. The number of hydrogen-bond acceptors (Lipinski definition) is 8. The third-order valence-corrected chi connectivity index (χ3v) is 3.31. The molecule has 0 aromatic heterocycles. The van der Waals surface area contributed by atoms with Crippen molar-refractivity contribution >= 4 is 0 Å². The average molecular weight is 377 g/mol. The first-order chi connectivity index (χ1) is 12.1. The molecule has 0 fully saturated rings. The Balaban J connectivity index is 0. The molecular formula is C18H44N6O2. The van der Waals surface area contributed by atoms with Crippen LogP contribution in [0, 0.1) is 5.41 Å². The Morgan fingerprint density at radius 2 is 1.73 bits per heavy atom. The van der Waals surface area contributed by atoms with E-state index < -0.39 is 5.60 Å². The molecule has 0 unspecified atom stereocenters. The molecule has 0 heterocycles. The molecule has 0 rings (SSSR count).